The molecule has 2 atom stereocenters. The molecule has 0 saturated heterocycles. The standard InChI is InChI=1S/C8H17N2O2P.C2H6.CH4O/c1-7(12)10-8(6-11)4-2-3-5-9-13;2*1-2/h6,8-9H,2-5,13H2,1H3,(H,10,12);1-2H3;2H,1H3. The van der Waals surface area contributed by atoms with E-state index < -0.39 is 0 Å². The molecule has 0 rings (SSSR count). The van der Waals surface area contributed by atoms with Crippen LogP contribution in [-0.2, 0) is 9.59 Å². The maximum atomic E-state index is 10.6. The maximum absolute atomic E-state index is 10.6. The van der Waals surface area contributed by atoms with Crippen LogP contribution in [-0.4, -0.2) is 37.0 Å². The Morgan fingerprint density at radius 3 is 2.24 bits per heavy atom. The van der Waals surface area contributed by atoms with Gasteiger partial charge in [-0.2, -0.15) is 0 Å². The van der Waals surface area contributed by atoms with Crippen molar-refractivity contribution in [2.24, 2.45) is 0 Å². The highest BCUT2D eigenvalue weighted by atomic mass is 31.0. The van der Waals surface area contributed by atoms with Crippen LogP contribution in [0.4, 0.5) is 0 Å². The first kappa shape index (κ1) is 21.7. The average Bonchev–Trinajstić information content (AvgIpc) is 2.37. The quantitative estimate of drug-likeness (QED) is 0.363. The highest BCUT2D eigenvalue weighted by Crippen LogP contribution is 1.98. The lowest BCUT2D eigenvalue weighted by molar-refractivity contribution is -0.122. The van der Waals surface area contributed by atoms with Crippen LogP contribution in [0.1, 0.15) is 40.0 Å². The summed E-state index contributed by atoms with van der Waals surface area (Å²) >= 11 is 0. The summed E-state index contributed by atoms with van der Waals surface area (Å²) in [7, 11) is 3.42. The lowest BCUT2D eigenvalue weighted by atomic mass is 10.1. The van der Waals surface area contributed by atoms with Crippen molar-refractivity contribution in [2.75, 3.05) is 13.7 Å². The molecule has 0 aromatic rings. The number of carbonyl (C=O) groups excluding carboxylic acids is 2. The zero-order chi connectivity index (χ0) is 14.1. The van der Waals surface area contributed by atoms with E-state index in [1.54, 1.807) is 0 Å². The Balaban J connectivity index is -0.000000439. The molecule has 0 heterocycles. The predicted octanol–water partition coefficient (Wildman–Crippen LogP) is 0.875. The highest BCUT2D eigenvalue weighted by molar-refractivity contribution is 7.13. The van der Waals surface area contributed by atoms with E-state index in [9.17, 15) is 9.59 Å². The summed E-state index contributed by atoms with van der Waals surface area (Å²) in [4.78, 5) is 21.1. The molecule has 0 aliphatic heterocycles. The van der Waals surface area contributed by atoms with Crippen molar-refractivity contribution < 1.29 is 14.7 Å². The summed E-state index contributed by atoms with van der Waals surface area (Å²) in [5, 5.41) is 12.5. The first-order chi connectivity index (χ1) is 8.20. The third-order valence-corrected chi connectivity index (χ3v) is 1.93. The molecule has 0 aromatic heterocycles. The van der Waals surface area contributed by atoms with Crippen LogP contribution >= 0.6 is 9.39 Å². The Bertz CT molecular complexity index is 169. The minimum atomic E-state index is -0.318. The minimum Gasteiger partial charge on any atom is -0.400 e. The maximum Gasteiger partial charge on any atom is 0.217 e. The monoisotopic (exact) mass is 266 g/mol. The molecule has 5 nitrogen and oxygen atoms in total. The fourth-order valence-corrected chi connectivity index (χ4v) is 1.23. The van der Waals surface area contributed by atoms with Crippen molar-refractivity contribution in [3.8, 4) is 0 Å². The molecule has 3 N–H and O–H groups in total. The van der Waals surface area contributed by atoms with E-state index >= 15 is 0 Å². The van der Waals surface area contributed by atoms with Gasteiger partial charge in [-0.15, -0.1) is 0 Å². The number of aldehydes is 1. The molecule has 1 amide bonds. The van der Waals surface area contributed by atoms with Crippen molar-refractivity contribution in [3.05, 3.63) is 0 Å². The number of aliphatic hydroxyl groups excluding tert-OH is 1. The molecule has 0 radical (unpaired) electrons. The Morgan fingerprint density at radius 2 is 1.88 bits per heavy atom. The van der Waals surface area contributed by atoms with Gasteiger partial charge in [0.05, 0.1) is 6.04 Å². The summed E-state index contributed by atoms with van der Waals surface area (Å²) in [6.07, 6.45) is 3.45. The zero-order valence-electron chi connectivity index (χ0n) is 11.3. The second-order valence-electron chi connectivity index (χ2n) is 2.89. The van der Waals surface area contributed by atoms with Gasteiger partial charge in [-0.1, -0.05) is 23.2 Å². The Hall–Kier alpha value is -0.510. The second kappa shape index (κ2) is 20.8. The van der Waals surface area contributed by atoms with Gasteiger partial charge in [0.1, 0.15) is 6.29 Å². The van der Waals surface area contributed by atoms with Gasteiger partial charge < -0.3 is 20.3 Å². The molecule has 0 aromatic carbocycles. The molecule has 0 bridgehead atoms. The topological polar surface area (TPSA) is 78.4 Å². The predicted molar refractivity (Wildman–Crippen MR) is 74.7 cm³/mol. The second-order valence-corrected chi connectivity index (χ2v) is 3.30. The number of hydrogen-bond acceptors (Lipinski definition) is 4. The van der Waals surface area contributed by atoms with Crippen molar-refractivity contribution in [1.82, 2.24) is 10.4 Å². The number of aliphatic hydroxyl groups is 1. The number of hydrogen-bond donors (Lipinski definition) is 3. The van der Waals surface area contributed by atoms with E-state index in [4.69, 9.17) is 5.11 Å². The van der Waals surface area contributed by atoms with E-state index in [1.165, 1.54) is 6.92 Å². The van der Waals surface area contributed by atoms with Gasteiger partial charge >= 0.3 is 0 Å². The summed E-state index contributed by atoms with van der Waals surface area (Å²) in [5.74, 6) is -0.152. The van der Waals surface area contributed by atoms with E-state index in [0.717, 1.165) is 39.2 Å². The van der Waals surface area contributed by atoms with Crippen molar-refractivity contribution in [2.45, 2.75) is 46.1 Å². The molecule has 6 heteroatoms. The summed E-state index contributed by atoms with van der Waals surface area (Å²) in [6.45, 7) is 6.33. The largest absolute Gasteiger partial charge is 0.400 e. The number of unbranched alkanes of at least 4 members (excludes halogenated alkanes) is 1. The van der Waals surface area contributed by atoms with Crippen molar-refractivity contribution in [1.29, 1.82) is 0 Å². The first-order valence-corrected chi connectivity index (χ1v) is 6.39. The molecule has 0 fully saturated rings. The first-order valence-electron chi connectivity index (χ1n) is 5.81. The minimum absolute atomic E-state index is 0.152. The highest BCUT2D eigenvalue weighted by Gasteiger charge is 2.06. The number of rotatable bonds is 7. The van der Waals surface area contributed by atoms with Crippen molar-refractivity contribution in [3.63, 3.8) is 0 Å². The van der Waals surface area contributed by atoms with E-state index in [2.05, 4.69) is 19.8 Å². The lowest BCUT2D eigenvalue weighted by Gasteiger charge is -2.10. The van der Waals surface area contributed by atoms with Crippen LogP contribution in [0.2, 0.25) is 0 Å². The van der Waals surface area contributed by atoms with Gasteiger partial charge in [0.25, 0.3) is 0 Å². The molecule has 0 aliphatic rings. The molecule has 0 spiro atoms. The van der Waals surface area contributed by atoms with Gasteiger partial charge in [-0.25, -0.2) is 0 Å². The average molecular weight is 266 g/mol. The van der Waals surface area contributed by atoms with Gasteiger partial charge in [-0.05, 0) is 25.8 Å². The zero-order valence-corrected chi connectivity index (χ0v) is 12.5. The van der Waals surface area contributed by atoms with Gasteiger partial charge in [0.15, 0.2) is 0 Å². The van der Waals surface area contributed by atoms with E-state index in [0.29, 0.717) is 0 Å². The van der Waals surface area contributed by atoms with Crippen LogP contribution in [0.3, 0.4) is 0 Å². The fourth-order valence-electron chi connectivity index (χ4n) is 1.03. The van der Waals surface area contributed by atoms with Crippen LogP contribution in [0.15, 0.2) is 0 Å². The number of amides is 1. The number of carbonyl (C=O) groups is 2. The summed E-state index contributed by atoms with van der Waals surface area (Å²) < 4.78 is 0. The Kier molecular flexibility index (Phi) is 26.7. The van der Waals surface area contributed by atoms with Crippen LogP contribution in [0.5, 0.6) is 0 Å². The van der Waals surface area contributed by atoms with E-state index in [-0.39, 0.29) is 11.9 Å². The smallest absolute Gasteiger partial charge is 0.217 e. The third-order valence-electron chi connectivity index (χ3n) is 1.64. The SMILES string of the molecule is CC.CC(=O)NC(C=O)CCCCNP.CO. The van der Waals surface area contributed by atoms with Crippen molar-refractivity contribution >= 4 is 21.6 Å². The summed E-state index contributed by atoms with van der Waals surface area (Å²) in [5.41, 5.74) is 0. The summed E-state index contributed by atoms with van der Waals surface area (Å²) in [6, 6.07) is -0.318. The fraction of sp³-hybridized carbons (Fsp3) is 0.818. The molecular formula is C11H27N2O3P. The van der Waals surface area contributed by atoms with Gasteiger partial charge in [-0.3, -0.25) is 4.79 Å². The molecule has 0 aliphatic carbocycles. The van der Waals surface area contributed by atoms with Gasteiger partial charge in [0.2, 0.25) is 5.91 Å². The van der Waals surface area contributed by atoms with E-state index in [1.807, 2.05) is 13.8 Å². The van der Waals surface area contributed by atoms with Crippen LogP contribution < -0.4 is 10.4 Å². The lowest BCUT2D eigenvalue weighted by Crippen LogP contribution is -2.34. The molecule has 0 saturated carbocycles. The molecule has 104 valence electrons. The van der Waals surface area contributed by atoms with Gasteiger partial charge in [0, 0.05) is 14.0 Å². The number of nitrogens with one attached hydrogen (secondary N) is 2. The normalized spacial score (nSPS) is 10.0. The third kappa shape index (κ3) is 21.4. The molecule has 2 unspecified atom stereocenters. The molecular weight excluding hydrogens is 239 g/mol. The van der Waals surface area contributed by atoms with Crippen LogP contribution in [0, 0.1) is 0 Å². The molecule has 17 heavy (non-hydrogen) atoms. The Labute approximate surface area is 107 Å². The van der Waals surface area contributed by atoms with Crippen LogP contribution in [0.25, 0.3) is 0 Å². The Morgan fingerprint density at radius 1 is 1.35 bits per heavy atom.